The number of carbonyl (C=O) groups excluding carboxylic acids is 1. The first-order valence-electron chi connectivity index (χ1n) is 4.47. The van der Waals surface area contributed by atoms with Crippen LogP contribution in [0.1, 0.15) is 26.7 Å². The van der Waals surface area contributed by atoms with Crippen molar-refractivity contribution in [1.82, 2.24) is 0 Å². The number of esters is 1. The largest absolute Gasteiger partial charge is 0.481 e. The number of carbonyl (C=O) groups is 2. The number of aliphatic hydroxyl groups is 1. The van der Waals surface area contributed by atoms with Gasteiger partial charge in [0.15, 0.2) is 0 Å². The molecule has 0 saturated carbocycles. The monoisotopic (exact) mass is 204 g/mol. The molecular formula is C9H16O5. The molecule has 0 fully saturated rings. The molecule has 0 aromatic rings. The van der Waals surface area contributed by atoms with E-state index in [2.05, 4.69) is 0 Å². The van der Waals surface area contributed by atoms with E-state index in [1.807, 2.05) is 13.8 Å². The summed E-state index contributed by atoms with van der Waals surface area (Å²) < 4.78 is 4.76. The third kappa shape index (κ3) is 7.54. The molecule has 0 aliphatic heterocycles. The van der Waals surface area contributed by atoms with Crippen LogP contribution in [0.3, 0.4) is 0 Å². The third-order valence-electron chi connectivity index (χ3n) is 1.39. The Balaban J connectivity index is 3.66. The van der Waals surface area contributed by atoms with Crippen LogP contribution in [-0.4, -0.2) is 34.9 Å². The summed E-state index contributed by atoms with van der Waals surface area (Å²) in [5, 5.41) is 17.4. The zero-order chi connectivity index (χ0) is 11.1. The Kier molecular flexibility index (Phi) is 5.87. The van der Waals surface area contributed by atoms with Gasteiger partial charge in [-0.2, -0.15) is 0 Å². The molecule has 14 heavy (non-hydrogen) atoms. The Hall–Kier alpha value is -1.10. The van der Waals surface area contributed by atoms with Crippen LogP contribution >= 0.6 is 0 Å². The highest BCUT2D eigenvalue weighted by Crippen LogP contribution is 2.01. The van der Waals surface area contributed by atoms with Gasteiger partial charge in [0.2, 0.25) is 0 Å². The van der Waals surface area contributed by atoms with Crippen molar-refractivity contribution in [1.29, 1.82) is 0 Å². The number of aliphatic hydroxyl groups excluding tert-OH is 1. The number of carboxylic acid groups (broad SMARTS) is 1. The predicted octanol–water partition coefficient (Wildman–Crippen LogP) is 0.411. The second kappa shape index (κ2) is 6.37. The molecule has 0 heterocycles. The second-order valence-corrected chi connectivity index (χ2v) is 3.53. The number of aliphatic carboxylic acids is 1. The van der Waals surface area contributed by atoms with Crippen molar-refractivity contribution in [3.8, 4) is 0 Å². The van der Waals surface area contributed by atoms with Crippen molar-refractivity contribution in [3.63, 3.8) is 0 Å². The Morgan fingerprint density at radius 3 is 2.29 bits per heavy atom. The molecule has 0 rings (SSSR count). The topological polar surface area (TPSA) is 83.8 Å². The maximum Gasteiger partial charge on any atom is 0.308 e. The van der Waals surface area contributed by atoms with E-state index in [0.29, 0.717) is 6.61 Å². The van der Waals surface area contributed by atoms with Crippen LogP contribution in [0.4, 0.5) is 0 Å². The molecule has 0 saturated heterocycles. The van der Waals surface area contributed by atoms with Gasteiger partial charge in [-0.3, -0.25) is 9.59 Å². The van der Waals surface area contributed by atoms with E-state index in [0.717, 1.165) is 0 Å². The van der Waals surface area contributed by atoms with Gasteiger partial charge in [-0.25, -0.2) is 0 Å². The molecular weight excluding hydrogens is 188 g/mol. The summed E-state index contributed by atoms with van der Waals surface area (Å²) in [6, 6.07) is 0. The van der Waals surface area contributed by atoms with Crippen LogP contribution in [0.25, 0.3) is 0 Å². The van der Waals surface area contributed by atoms with E-state index in [-0.39, 0.29) is 12.3 Å². The van der Waals surface area contributed by atoms with Crippen LogP contribution < -0.4 is 0 Å². The highest BCUT2D eigenvalue weighted by Gasteiger charge is 2.15. The summed E-state index contributed by atoms with van der Waals surface area (Å²) in [5.41, 5.74) is 0. The summed E-state index contributed by atoms with van der Waals surface area (Å²) in [6.45, 7) is 4.07. The molecule has 0 radical (unpaired) electrons. The zero-order valence-corrected chi connectivity index (χ0v) is 8.40. The molecule has 0 aliphatic rings. The Labute approximate surface area is 82.7 Å². The first kappa shape index (κ1) is 12.9. The Morgan fingerprint density at radius 2 is 1.86 bits per heavy atom. The summed E-state index contributed by atoms with van der Waals surface area (Å²) in [5.74, 6) is -1.46. The first-order valence-corrected chi connectivity index (χ1v) is 4.47. The van der Waals surface area contributed by atoms with Crippen LogP contribution in [0.5, 0.6) is 0 Å². The van der Waals surface area contributed by atoms with Crippen molar-refractivity contribution >= 4 is 11.9 Å². The number of hydrogen-bond acceptors (Lipinski definition) is 4. The van der Waals surface area contributed by atoms with Gasteiger partial charge in [-0.05, 0) is 5.92 Å². The van der Waals surface area contributed by atoms with Crippen LogP contribution in [0.15, 0.2) is 0 Å². The predicted molar refractivity (Wildman–Crippen MR) is 48.7 cm³/mol. The summed E-state index contributed by atoms with van der Waals surface area (Å²) in [6.07, 6.45) is -1.86. The number of ether oxygens (including phenoxy) is 1. The average molecular weight is 204 g/mol. The van der Waals surface area contributed by atoms with Gasteiger partial charge < -0.3 is 14.9 Å². The van der Waals surface area contributed by atoms with Gasteiger partial charge in [0.05, 0.1) is 25.6 Å². The lowest BCUT2D eigenvalue weighted by Crippen LogP contribution is -2.20. The molecule has 0 aromatic heterocycles. The van der Waals surface area contributed by atoms with E-state index in [4.69, 9.17) is 14.9 Å². The van der Waals surface area contributed by atoms with Crippen molar-refractivity contribution < 1.29 is 24.5 Å². The zero-order valence-electron chi connectivity index (χ0n) is 8.40. The molecule has 0 spiro atoms. The minimum Gasteiger partial charge on any atom is -0.481 e. The van der Waals surface area contributed by atoms with Gasteiger partial charge >= 0.3 is 11.9 Å². The van der Waals surface area contributed by atoms with Gasteiger partial charge in [-0.1, -0.05) is 13.8 Å². The number of carboxylic acids is 1. The maximum absolute atomic E-state index is 11.0. The van der Waals surface area contributed by atoms with E-state index in [1.54, 1.807) is 0 Å². The molecule has 0 aliphatic carbocycles. The lowest BCUT2D eigenvalue weighted by atomic mass is 10.2. The molecule has 1 atom stereocenters. The van der Waals surface area contributed by atoms with Gasteiger partial charge in [-0.15, -0.1) is 0 Å². The molecule has 5 nitrogen and oxygen atoms in total. The summed E-state index contributed by atoms with van der Waals surface area (Å²) in [4.78, 5) is 21.1. The fraction of sp³-hybridized carbons (Fsp3) is 0.778. The lowest BCUT2D eigenvalue weighted by Gasteiger charge is -2.09. The van der Waals surface area contributed by atoms with Crippen molar-refractivity contribution in [2.24, 2.45) is 5.92 Å². The van der Waals surface area contributed by atoms with E-state index in [9.17, 15) is 9.59 Å². The van der Waals surface area contributed by atoms with Crippen LogP contribution in [0, 0.1) is 5.92 Å². The average Bonchev–Trinajstić information content (AvgIpc) is 1.98. The Morgan fingerprint density at radius 1 is 1.29 bits per heavy atom. The van der Waals surface area contributed by atoms with Crippen molar-refractivity contribution in [2.75, 3.05) is 6.61 Å². The van der Waals surface area contributed by atoms with E-state index < -0.39 is 24.5 Å². The summed E-state index contributed by atoms with van der Waals surface area (Å²) >= 11 is 0. The van der Waals surface area contributed by atoms with E-state index >= 15 is 0 Å². The Bertz CT molecular complexity index is 199. The quantitative estimate of drug-likeness (QED) is 0.612. The minimum absolute atomic E-state index is 0.232. The molecule has 0 aromatic carbocycles. The number of rotatable bonds is 6. The van der Waals surface area contributed by atoms with Gasteiger partial charge in [0, 0.05) is 0 Å². The lowest BCUT2D eigenvalue weighted by molar-refractivity contribution is -0.148. The third-order valence-corrected chi connectivity index (χ3v) is 1.39. The fourth-order valence-corrected chi connectivity index (χ4v) is 0.785. The minimum atomic E-state index is -1.16. The SMILES string of the molecule is CC(C)COC(=O)CC(O)CC(=O)O. The molecule has 2 N–H and O–H groups in total. The summed E-state index contributed by atoms with van der Waals surface area (Å²) in [7, 11) is 0. The molecule has 82 valence electrons. The first-order chi connectivity index (χ1) is 6.41. The normalized spacial score (nSPS) is 12.6. The fourth-order valence-electron chi connectivity index (χ4n) is 0.785. The maximum atomic E-state index is 11.0. The molecule has 0 amide bonds. The van der Waals surface area contributed by atoms with E-state index in [1.165, 1.54) is 0 Å². The van der Waals surface area contributed by atoms with Crippen molar-refractivity contribution in [3.05, 3.63) is 0 Å². The molecule has 5 heteroatoms. The second-order valence-electron chi connectivity index (χ2n) is 3.53. The highest BCUT2D eigenvalue weighted by molar-refractivity contribution is 5.72. The van der Waals surface area contributed by atoms with Crippen LogP contribution in [-0.2, 0) is 14.3 Å². The molecule has 1 unspecified atom stereocenters. The van der Waals surface area contributed by atoms with Gasteiger partial charge in [0.25, 0.3) is 0 Å². The molecule has 0 bridgehead atoms. The van der Waals surface area contributed by atoms with Gasteiger partial charge in [0.1, 0.15) is 0 Å². The number of hydrogen-bond donors (Lipinski definition) is 2. The standard InChI is InChI=1S/C9H16O5/c1-6(2)5-14-9(13)4-7(10)3-8(11)12/h6-7,10H,3-5H2,1-2H3,(H,11,12). The highest BCUT2D eigenvalue weighted by atomic mass is 16.5. The van der Waals surface area contributed by atoms with Crippen molar-refractivity contribution in [2.45, 2.75) is 32.8 Å². The van der Waals surface area contributed by atoms with Crippen LogP contribution in [0.2, 0.25) is 0 Å². The smallest absolute Gasteiger partial charge is 0.308 e.